The molecule has 1 aromatic heterocycles. The van der Waals surface area contributed by atoms with Gasteiger partial charge in [-0.2, -0.15) is 0 Å². The number of rotatable bonds is 5. The van der Waals surface area contributed by atoms with Gasteiger partial charge in [-0.05, 0) is 42.7 Å². The fourth-order valence-corrected chi connectivity index (χ4v) is 5.01. The summed E-state index contributed by atoms with van der Waals surface area (Å²) in [6, 6.07) is 8.11. The van der Waals surface area contributed by atoms with E-state index in [9.17, 15) is 14.4 Å². The van der Waals surface area contributed by atoms with Gasteiger partial charge in [0.1, 0.15) is 0 Å². The van der Waals surface area contributed by atoms with Crippen molar-refractivity contribution < 1.29 is 14.4 Å². The van der Waals surface area contributed by atoms with Crippen molar-refractivity contribution in [3.63, 3.8) is 0 Å². The summed E-state index contributed by atoms with van der Waals surface area (Å²) < 4.78 is 1.09. The molecule has 2 heterocycles. The Balaban J connectivity index is 1.91. The first kappa shape index (κ1) is 20.3. The number of benzene rings is 1. The zero-order chi connectivity index (χ0) is 20.3. The number of carbonyl (C=O) groups excluding carboxylic acids is 3. The topological polar surface area (TPSA) is 69.7 Å². The number of carbonyl (C=O) groups is 3. The SMILES string of the molecule is CC(=O)NCC(=O)N1CCCC[C@@H]1Cc1c(C(=O)N(C)C)sc2ccccc12. The highest BCUT2D eigenvalue weighted by Crippen LogP contribution is 2.34. The number of hydrogen-bond donors (Lipinski definition) is 1. The Bertz CT molecular complexity index is 890. The minimum atomic E-state index is -0.204. The summed E-state index contributed by atoms with van der Waals surface area (Å²) in [5, 5.41) is 3.70. The summed E-state index contributed by atoms with van der Waals surface area (Å²) in [5.74, 6) is -0.257. The Hall–Kier alpha value is -2.41. The number of likely N-dealkylation sites (tertiary alicyclic amines) is 1. The smallest absolute Gasteiger partial charge is 0.263 e. The molecule has 0 unspecified atom stereocenters. The Morgan fingerprint density at radius 2 is 1.96 bits per heavy atom. The van der Waals surface area contributed by atoms with Gasteiger partial charge in [-0.1, -0.05) is 18.2 Å². The largest absolute Gasteiger partial charge is 0.347 e. The summed E-state index contributed by atoms with van der Waals surface area (Å²) >= 11 is 1.52. The number of nitrogens with one attached hydrogen (secondary N) is 1. The van der Waals surface area contributed by atoms with E-state index in [1.54, 1.807) is 19.0 Å². The Kier molecular flexibility index (Phi) is 6.34. The summed E-state index contributed by atoms with van der Waals surface area (Å²) in [7, 11) is 3.53. The van der Waals surface area contributed by atoms with E-state index in [4.69, 9.17) is 0 Å². The molecule has 1 aliphatic heterocycles. The van der Waals surface area contributed by atoms with Crippen molar-refractivity contribution in [2.24, 2.45) is 0 Å². The molecular weight excluding hydrogens is 374 g/mol. The third kappa shape index (κ3) is 4.35. The molecule has 2 aromatic rings. The van der Waals surface area contributed by atoms with Crippen LogP contribution < -0.4 is 5.32 Å². The summed E-state index contributed by atoms with van der Waals surface area (Å²) in [4.78, 5) is 40.9. The van der Waals surface area contributed by atoms with Gasteiger partial charge in [0.05, 0.1) is 11.4 Å². The van der Waals surface area contributed by atoms with Crippen molar-refractivity contribution in [2.45, 2.75) is 38.6 Å². The van der Waals surface area contributed by atoms with Crippen LogP contribution in [0.4, 0.5) is 0 Å². The van der Waals surface area contributed by atoms with Crippen LogP contribution in [0, 0.1) is 0 Å². The van der Waals surface area contributed by atoms with Crippen LogP contribution in [-0.4, -0.2) is 60.7 Å². The number of hydrogen-bond acceptors (Lipinski definition) is 4. The van der Waals surface area contributed by atoms with Crippen LogP contribution in [0.2, 0.25) is 0 Å². The first-order valence-corrected chi connectivity index (χ1v) is 10.5. The summed E-state index contributed by atoms with van der Waals surface area (Å²) in [6.07, 6.45) is 3.60. The van der Waals surface area contributed by atoms with Crippen molar-refractivity contribution in [3.8, 4) is 0 Å². The average molecular weight is 402 g/mol. The second-order valence-corrected chi connectivity index (χ2v) is 8.51. The van der Waals surface area contributed by atoms with Gasteiger partial charge in [-0.25, -0.2) is 0 Å². The fourth-order valence-electron chi connectivity index (χ4n) is 3.76. The normalized spacial score (nSPS) is 16.8. The van der Waals surface area contributed by atoms with Gasteiger partial charge in [0, 0.05) is 38.3 Å². The highest BCUT2D eigenvalue weighted by molar-refractivity contribution is 7.21. The van der Waals surface area contributed by atoms with Crippen LogP contribution >= 0.6 is 11.3 Å². The van der Waals surface area contributed by atoms with E-state index in [0.29, 0.717) is 13.0 Å². The van der Waals surface area contributed by atoms with Gasteiger partial charge >= 0.3 is 0 Å². The number of fused-ring (bicyclic) bond motifs is 1. The van der Waals surface area contributed by atoms with Gasteiger partial charge in [0.25, 0.3) is 5.91 Å². The minimum Gasteiger partial charge on any atom is -0.347 e. The molecule has 0 radical (unpaired) electrons. The molecule has 28 heavy (non-hydrogen) atoms. The maximum absolute atomic E-state index is 12.8. The molecule has 7 heteroatoms. The highest BCUT2D eigenvalue weighted by atomic mass is 32.1. The number of amides is 3. The van der Waals surface area contributed by atoms with Crippen molar-refractivity contribution in [1.82, 2.24) is 15.1 Å². The second-order valence-electron chi connectivity index (χ2n) is 7.46. The Morgan fingerprint density at radius 3 is 2.68 bits per heavy atom. The van der Waals surface area contributed by atoms with E-state index in [1.165, 1.54) is 18.3 Å². The maximum atomic E-state index is 12.8. The van der Waals surface area contributed by atoms with Crippen molar-refractivity contribution in [3.05, 3.63) is 34.7 Å². The zero-order valence-electron chi connectivity index (χ0n) is 16.7. The van der Waals surface area contributed by atoms with Gasteiger partial charge in [-0.15, -0.1) is 11.3 Å². The molecule has 1 aliphatic rings. The first-order valence-electron chi connectivity index (χ1n) is 9.64. The predicted molar refractivity (Wildman–Crippen MR) is 112 cm³/mol. The van der Waals surface area contributed by atoms with E-state index in [0.717, 1.165) is 39.8 Å². The van der Waals surface area contributed by atoms with Crippen molar-refractivity contribution in [1.29, 1.82) is 0 Å². The third-order valence-corrected chi connectivity index (χ3v) is 6.38. The standard InChI is InChI=1S/C21H27N3O3S/c1-14(25)22-13-19(26)24-11-7-6-8-15(24)12-17-16-9-4-5-10-18(16)28-20(17)21(27)23(2)3/h4-5,9-10,15H,6-8,11-13H2,1-3H3,(H,22,25)/t15-/m1/s1. The quantitative estimate of drug-likeness (QED) is 0.837. The lowest BCUT2D eigenvalue weighted by Gasteiger charge is -2.36. The van der Waals surface area contributed by atoms with E-state index in [-0.39, 0.29) is 30.3 Å². The van der Waals surface area contributed by atoms with E-state index in [2.05, 4.69) is 11.4 Å². The van der Waals surface area contributed by atoms with Crippen LogP contribution in [0.15, 0.2) is 24.3 Å². The fraction of sp³-hybridized carbons (Fsp3) is 0.476. The molecule has 1 saturated heterocycles. The monoisotopic (exact) mass is 401 g/mol. The molecule has 6 nitrogen and oxygen atoms in total. The molecule has 1 N–H and O–H groups in total. The number of piperidine rings is 1. The number of thiophene rings is 1. The van der Waals surface area contributed by atoms with Gasteiger partial charge in [-0.3, -0.25) is 14.4 Å². The molecule has 3 rings (SSSR count). The van der Waals surface area contributed by atoms with Crippen LogP contribution in [0.3, 0.4) is 0 Å². The molecule has 0 saturated carbocycles. The molecular formula is C21H27N3O3S. The second kappa shape index (κ2) is 8.73. The molecule has 1 atom stereocenters. The lowest BCUT2D eigenvalue weighted by molar-refractivity contribution is -0.135. The predicted octanol–water partition coefficient (Wildman–Crippen LogP) is 2.66. The lowest BCUT2D eigenvalue weighted by atomic mass is 9.93. The first-order chi connectivity index (χ1) is 13.4. The minimum absolute atomic E-state index is 0.00290. The third-order valence-electron chi connectivity index (χ3n) is 5.17. The van der Waals surface area contributed by atoms with E-state index >= 15 is 0 Å². The molecule has 0 bridgehead atoms. The molecule has 1 fully saturated rings. The number of nitrogens with zero attached hydrogens (tertiary/aromatic N) is 2. The maximum Gasteiger partial charge on any atom is 0.263 e. The molecule has 1 aromatic carbocycles. The van der Waals surface area contributed by atoms with Crippen molar-refractivity contribution in [2.75, 3.05) is 27.2 Å². The summed E-state index contributed by atoms with van der Waals surface area (Å²) in [5.41, 5.74) is 1.03. The van der Waals surface area contributed by atoms with Crippen LogP contribution in [0.5, 0.6) is 0 Å². The van der Waals surface area contributed by atoms with Crippen LogP contribution in [-0.2, 0) is 16.0 Å². The van der Waals surface area contributed by atoms with E-state index in [1.807, 2.05) is 23.1 Å². The van der Waals surface area contributed by atoms with Crippen molar-refractivity contribution >= 4 is 39.1 Å². The Morgan fingerprint density at radius 1 is 1.21 bits per heavy atom. The average Bonchev–Trinajstić information content (AvgIpc) is 3.04. The molecule has 3 amide bonds. The molecule has 0 spiro atoms. The van der Waals surface area contributed by atoms with Gasteiger partial charge in [0.2, 0.25) is 11.8 Å². The van der Waals surface area contributed by atoms with Crippen LogP contribution in [0.25, 0.3) is 10.1 Å². The van der Waals surface area contributed by atoms with Gasteiger partial charge < -0.3 is 15.1 Å². The van der Waals surface area contributed by atoms with Gasteiger partial charge in [0.15, 0.2) is 0 Å². The Labute approximate surface area is 169 Å². The highest BCUT2D eigenvalue weighted by Gasteiger charge is 2.30. The molecule has 150 valence electrons. The summed E-state index contributed by atoms with van der Waals surface area (Å²) in [6.45, 7) is 2.14. The lowest BCUT2D eigenvalue weighted by Crippen LogP contribution is -2.48. The zero-order valence-corrected chi connectivity index (χ0v) is 17.5. The van der Waals surface area contributed by atoms with E-state index < -0.39 is 0 Å². The molecule has 0 aliphatic carbocycles. The van der Waals surface area contributed by atoms with Crippen LogP contribution in [0.1, 0.15) is 41.4 Å².